The molecule has 0 aromatic rings. The number of ketones is 2. The highest BCUT2D eigenvalue weighted by Crippen LogP contribution is 2.47. The summed E-state index contributed by atoms with van der Waals surface area (Å²) in [7, 11) is 0. The van der Waals surface area contributed by atoms with Gasteiger partial charge in [0.2, 0.25) is 0 Å². The summed E-state index contributed by atoms with van der Waals surface area (Å²) >= 11 is 0. The fourth-order valence-electron chi connectivity index (χ4n) is 2.98. The van der Waals surface area contributed by atoms with Crippen molar-refractivity contribution in [3.05, 3.63) is 11.1 Å². The lowest BCUT2D eigenvalue weighted by molar-refractivity contribution is -0.244. The Kier molecular flexibility index (Phi) is 2.62. The number of hydrogen-bond acceptors (Lipinski definition) is 4. The van der Waals surface area contributed by atoms with Crippen molar-refractivity contribution in [3.8, 4) is 0 Å². The third kappa shape index (κ3) is 1.45. The zero-order chi connectivity index (χ0) is 13.9. The second-order valence-electron chi connectivity index (χ2n) is 6.16. The van der Waals surface area contributed by atoms with E-state index in [1.54, 1.807) is 13.8 Å². The van der Waals surface area contributed by atoms with Gasteiger partial charge >= 0.3 is 0 Å². The third-order valence-electron chi connectivity index (χ3n) is 4.41. The lowest BCUT2D eigenvalue weighted by atomic mass is 9.64. The molecule has 4 nitrogen and oxygen atoms in total. The van der Waals surface area contributed by atoms with Crippen LogP contribution in [0.1, 0.15) is 47.5 Å². The molecule has 4 heteroatoms. The first-order chi connectivity index (χ1) is 8.05. The number of fused-ring (bicyclic) bond motifs is 1. The van der Waals surface area contributed by atoms with Crippen LogP contribution in [0.15, 0.2) is 11.1 Å². The summed E-state index contributed by atoms with van der Waals surface area (Å²) in [5, 5.41) is 10.7. The number of carbonyl (C=O) groups is 2. The number of Topliss-reactive ketones (excluding diaryl/α,β-unsaturated/α-hetero) is 2. The van der Waals surface area contributed by atoms with E-state index in [1.165, 1.54) is 6.92 Å². The largest absolute Gasteiger partial charge is 0.378 e. The van der Waals surface area contributed by atoms with Gasteiger partial charge in [-0.15, -0.1) is 0 Å². The second kappa shape index (κ2) is 3.52. The highest BCUT2D eigenvalue weighted by atomic mass is 16.5. The number of rotatable bonds is 0. The van der Waals surface area contributed by atoms with Gasteiger partial charge in [-0.05, 0) is 47.5 Å². The minimum absolute atomic E-state index is 0.256. The quantitative estimate of drug-likeness (QED) is 0.710. The van der Waals surface area contributed by atoms with Crippen molar-refractivity contribution in [3.63, 3.8) is 0 Å². The predicted molar refractivity (Wildman–Crippen MR) is 66.1 cm³/mol. The van der Waals surface area contributed by atoms with E-state index in [1.807, 2.05) is 13.8 Å². The number of carbonyl (C=O) groups excluding carboxylic acids is 2. The number of aliphatic hydroxyl groups is 1. The van der Waals surface area contributed by atoms with Crippen molar-refractivity contribution in [2.45, 2.75) is 64.3 Å². The maximum absolute atomic E-state index is 12.4. The Bertz CT molecular complexity index is 474. The van der Waals surface area contributed by atoms with Gasteiger partial charge < -0.3 is 9.84 Å². The van der Waals surface area contributed by atoms with Gasteiger partial charge in [-0.25, -0.2) is 0 Å². The fraction of sp³-hybridized carbons (Fsp3) is 0.714. The van der Waals surface area contributed by atoms with E-state index in [-0.39, 0.29) is 18.0 Å². The standard InChI is InChI=1S/C14H20O4/c1-8-9(2)11(16)14(17)7-6-12(3,4)18-13(14,5)10(8)15/h17H,6-7H2,1-5H3. The van der Waals surface area contributed by atoms with Crippen LogP contribution in [0.4, 0.5) is 0 Å². The van der Waals surface area contributed by atoms with Gasteiger partial charge in [-0.1, -0.05) is 0 Å². The molecule has 0 bridgehead atoms. The summed E-state index contributed by atoms with van der Waals surface area (Å²) in [6.07, 6.45) is 0.802. The fourth-order valence-corrected chi connectivity index (χ4v) is 2.98. The van der Waals surface area contributed by atoms with E-state index in [2.05, 4.69) is 0 Å². The average Bonchev–Trinajstić information content (AvgIpc) is 2.28. The molecule has 2 unspecified atom stereocenters. The van der Waals surface area contributed by atoms with Gasteiger partial charge in [-0.3, -0.25) is 9.59 Å². The number of hydrogen-bond donors (Lipinski definition) is 1. The predicted octanol–water partition coefficient (Wildman–Crippen LogP) is 1.55. The SMILES string of the molecule is CC1=C(C)C(=O)C2(C)OC(C)(C)CCC2(O)C1=O. The maximum atomic E-state index is 12.4. The van der Waals surface area contributed by atoms with Crippen LogP contribution in [0.2, 0.25) is 0 Å². The van der Waals surface area contributed by atoms with Crippen molar-refractivity contribution in [2.75, 3.05) is 0 Å². The van der Waals surface area contributed by atoms with Gasteiger partial charge in [0.05, 0.1) is 5.60 Å². The van der Waals surface area contributed by atoms with Crippen molar-refractivity contribution < 1.29 is 19.4 Å². The van der Waals surface area contributed by atoms with E-state index in [0.29, 0.717) is 17.6 Å². The van der Waals surface area contributed by atoms with Crippen LogP contribution in [-0.4, -0.2) is 33.5 Å². The molecule has 2 atom stereocenters. The Morgan fingerprint density at radius 1 is 1.00 bits per heavy atom. The minimum atomic E-state index is -1.72. The monoisotopic (exact) mass is 252 g/mol. The van der Waals surface area contributed by atoms with E-state index >= 15 is 0 Å². The molecule has 0 amide bonds. The molecule has 18 heavy (non-hydrogen) atoms. The van der Waals surface area contributed by atoms with Crippen LogP contribution in [0.5, 0.6) is 0 Å². The van der Waals surface area contributed by atoms with Gasteiger partial charge in [0.1, 0.15) is 0 Å². The van der Waals surface area contributed by atoms with Crippen LogP contribution in [0, 0.1) is 0 Å². The van der Waals surface area contributed by atoms with Crippen LogP contribution in [0.25, 0.3) is 0 Å². The lowest BCUT2D eigenvalue weighted by Gasteiger charge is -2.53. The van der Waals surface area contributed by atoms with E-state index in [9.17, 15) is 14.7 Å². The van der Waals surface area contributed by atoms with E-state index < -0.39 is 16.8 Å². The average molecular weight is 252 g/mol. The molecule has 2 aliphatic rings. The first-order valence-corrected chi connectivity index (χ1v) is 6.25. The summed E-state index contributed by atoms with van der Waals surface area (Å²) in [4.78, 5) is 24.7. The summed E-state index contributed by atoms with van der Waals surface area (Å²) < 4.78 is 5.82. The molecule has 0 aromatic carbocycles. The molecule has 1 fully saturated rings. The molecule has 1 aliphatic carbocycles. The van der Waals surface area contributed by atoms with E-state index in [4.69, 9.17) is 4.74 Å². The smallest absolute Gasteiger partial charge is 0.193 e. The first kappa shape index (κ1) is 13.4. The van der Waals surface area contributed by atoms with Gasteiger partial charge in [-0.2, -0.15) is 0 Å². The molecule has 0 saturated carbocycles. The van der Waals surface area contributed by atoms with Gasteiger partial charge in [0.15, 0.2) is 22.8 Å². The number of ether oxygens (including phenoxy) is 1. The molecular weight excluding hydrogens is 232 g/mol. The Morgan fingerprint density at radius 3 is 2.06 bits per heavy atom. The van der Waals surface area contributed by atoms with Crippen LogP contribution < -0.4 is 0 Å². The van der Waals surface area contributed by atoms with Crippen molar-refractivity contribution >= 4 is 11.6 Å². The normalized spacial score (nSPS) is 39.9. The Balaban J connectivity index is 2.63. The zero-order valence-corrected chi connectivity index (χ0v) is 11.6. The second-order valence-corrected chi connectivity index (χ2v) is 6.16. The van der Waals surface area contributed by atoms with Crippen molar-refractivity contribution in [1.82, 2.24) is 0 Å². The van der Waals surface area contributed by atoms with Gasteiger partial charge in [0.25, 0.3) is 0 Å². The molecular formula is C14H20O4. The third-order valence-corrected chi connectivity index (χ3v) is 4.41. The van der Waals surface area contributed by atoms with Crippen molar-refractivity contribution in [1.29, 1.82) is 0 Å². The summed E-state index contributed by atoms with van der Waals surface area (Å²) in [5.74, 6) is -0.660. The summed E-state index contributed by atoms with van der Waals surface area (Å²) in [6, 6.07) is 0. The van der Waals surface area contributed by atoms with Gasteiger partial charge in [0, 0.05) is 11.1 Å². The van der Waals surface area contributed by atoms with Crippen LogP contribution in [0.3, 0.4) is 0 Å². The topological polar surface area (TPSA) is 63.6 Å². The zero-order valence-electron chi connectivity index (χ0n) is 11.6. The molecule has 1 saturated heterocycles. The molecule has 1 heterocycles. The first-order valence-electron chi connectivity index (χ1n) is 6.25. The molecule has 2 rings (SSSR count). The molecule has 0 aromatic heterocycles. The highest BCUT2D eigenvalue weighted by molar-refractivity contribution is 6.19. The Morgan fingerprint density at radius 2 is 1.50 bits per heavy atom. The maximum Gasteiger partial charge on any atom is 0.193 e. The Labute approximate surface area is 107 Å². The van der Waals surface area contributed by atoms with Crippen molar-refractivity contribution in [2.24, 2.45) is 0 Å². The van der Waals surface area contributed by atoms with Crippen LogP contribution in [-0.2, 0) is 14.3 Å². The van der Waals surface area contributed by atoms with E-state index in [0.717, 1.165) is 0 Å². The lowest BCUT2D eigenvalue weighted by Crippen LogP contribution is -2.70. The molecule has 0 spiro atoms. The molecule has 100 valence electrons. The minimum Gasteiger partial charge on any atom is -0.378 e. The Hall–Kier alpha value is -1.00. The molecule has 1 aliphatic heterocycles. The molecule has 0 radical (unpaired) electrons. The van der Waals surface area contributed by atoms with Crippen LogP contribution >= 0.6 is 0 Å². The molecule has 1 N–H and O–H groups in total. The highest BCUT2D eigenvalue weighted by Gasteiger charge is 2.65. The summed E-state index contributed by atoms with van der Waals surface area (Å²) in [6.45, 7) is 8.48. The summed E-state index contributed by atoms with van der Waals surface area (Å²) in [5.41, 5.74) is -2.95.